The van der Waals surface area contributed by atoms with Gasteiger partial charge in [0.1, 0.15) is 5.97 Å². The van der Waals surface area contributed by atoms with Crippen molar-refractivity contribution in [1.29, 1.82) is 0 Å². The molecule has 0 atom stereocenters. The van der Waals surface area contributed by atoms with E-state index in [-0.39, 0.29) is 16.5 Å². The molecule has 2 nitrogen and oxygen atoms in total. The van der Waals surface area contributed by atoms with Crippen molar-refractivity contribution in [1.82, 2.24) is 0 Å². The minimum Gasteiger partial charge on any atom is -0.490 e. The summed E-state index contributed by atoms with van der Waals surface area (Å²) < 4.78 is 4.38. The summed E-state index contributed by atoms with van der Waals surface area (Å²) in [5, 5.41) is 0. The molecule has 3 heteroatoms. The topological polar surface area (TPSA) is 26.3 Å². The number of esters is 1. The van der Waals surface area contributed by atoms with Gasteiger partial charge < -0.3 is 10.8 Å². The maximum absolute atomic E-state index is 10.0. The zero-order valence-electron chi connectivity index (χ0n) is 4.55. The van der Waals surface area contributed by atoms with Crippen LogP contribution >= 0.6 is 0 Å². The Labute approximate surface area is 58.8 Å². The fourth-order valence-corrected chi connectivity index (χ4v) is 0.182. The monoisotopic (exact) mass is 157 g/mol. The molecular weight excluding hydrogens is 151 g/mol. The third kappa shape index (κ3) is 5.70. The van der Waals surface area contributed by atoms with Gasteiger partial charge in [-0.2, -0.15) is 0 Å². The third-order valence-corrected chi connectivity index (χ3v) is 0.420. The predicted molar refractivity (Wildman–Crippen MR) is 25.5 cm³/mol. The molecule has 0 saturated carbocycles. The van der Waals surface area contributed by atoms with Crippen LogP contribution in [-0.4, -0.2) is 12.6 Å². The van der Waals surface area contributed by atoms with Crippen molar-refractivity contribution >= 4 is 5.97 Å². The number of hydrogen-bond donors (Lipinski definition) is 0. The van der Waals surface area contributed by atoms with Gasteiger partial charge in [0.15, 0.2) is 0 Å². The van der Waals surface area contributed by atoms with Crippen LogP contribution in [0.3, 0.4) is 0 Å². The van der Waals surface area contributed by atoms with E-state index in [1.54, 1.807) is 6.92 Å². The molecule has 0 radical (unpaired) electrons. The molecule has 0 aliphatic carbocycles. The smallest absolute Gasteiger partial charge is 0.147 e. The summed E-state index contributed by atoms with van der Waals surface area (Å²) in [7, 11) is 0. The molecule has 0 saturated heterocycles. The van der Waals surface area contributed by atoms with Gasteiger partial charge in [-0.3, -0.25) is 11.4 Å². The van der Waals surface area contributed by atoms with E-state index in [1.165, 1.54) is 0 Å². The molecule has 0 N–H and O–H groups in total. The largest absolute Gasteiger partial charge is 0.490 e. The summed E-state index contributed by atoms with van der Waals surface area (Å²) in [5.41, 5.74) is 0. The van der Waals surface area contributed by atoms with E-state index < -0.39 is 5.97 Å². The number of carbonyl (C=O) groups excluding carboxylic acids is 1. The van der Waals surface area contributed by atoms with E-state index in [9.17, 15) is 4.79 Å². The van der Waals surface area contributed by atoms with Gasteiger partial charge in [0.2, 0.25) is 0 Å². The quantitative estimate of drug-likeness (QED) is 0.253. The molecule has 0 heterocycles. The SMILES string of the molecule is C=[C-]C(=O)OCC.[Ni]. The Bertz CT molecular complexity index is 80.5. The zero-order valence-corrected chi connectivity index (χ0v) is 5.53. The van der Waals surface area contributed by atoms with Crippen molar-refractivity contribution in [3.63, 3.8) is 0 Å². The van der Waals surface area contributed by atoms with Gasteiger partial charge in [-0.05, 0) is 6.92 Å². The Morgan fingerprint density at radius 3 is 2.50 bits per heavy atom. The number of rotatable bonds is 2. The van der Waals surface area contributed by atoms with Crippen molar-refractivity contribution in [2.24, 2.45) is 0 Å². The van der Waals surface area contributed by atoms with Crippen LogP contribution in [0, 0.1) is 6.08 Å². The molecule has 0 aromatic rings. The van der Waals surface area contributed by atoms with Gasteiger partial charge in [0.25, 0.3) is 0 Å². The first-order valence-corrected chi connectivity index (χ1v) is 2.01. The Hall–Kier alpha value is -0.296. The van der Waals surface area contributed by atoms with Gasteiger partial charge in [0.05, 0.1) is 6.61 Å². The minimum atomic E-state index is -0.484. The molecule has 0 aliphatic heterocycles. The normalized spacial score (nSPS) is 6.62. The molecule has 0 unspecified atom stereocenters. The van der Waals surface area contributed by atoms with Crippen molar-refractivity contribution in [2.45, 2.75) is 6.92 Å². The van der Waals surface area contributed by atoms with Gasteiger partial charge in [-0.25, -0.2) is 0 Å². The summed E-state index contributed by atoms with van der Waals surface area (Å²) in [5.74, 6) is -0.484. The van der Waals surface area contributed by atoms with Crippen LogP contribution in [0.1, 0.15) is 6.92 Å². The molecule has 0 rings (SSSR count). The van der Waals surface area contributed by atoms with Crippen LogP contribution < -0.4 is 0 Å². The average molecular weight is 158 g/mol. The van der Waals surface area contributed by atoms with E-state index in [0.29, 0.717) is 6.61 Å². The van der Waals surface area contributed by atoms with E-state index in [2.05, 4.69) is 17.4 Å². The van der Waals surface area contributed by atoms with Gasteiger partial charge >= 0.3 is 0 Å². The van der Waals surface area contributed by atoms with Crippen molar-refractivity contribution < 1.29 is 26.0 Å². The van der Waals surface area contributed by atoms with Gasteiger partial charge in [-0.1, -0.05) is 0 Å². The fourth-order valence-electron chi connectivity index (χ4n) is 0.182. The molecule has 0 aromatic heterocycles. The van der Waals surface area contributed by atoms with Crippen LogP contribution in [-0.2, 0) is 26.0 Å². The summed E-state index contributed by atoms with van der Waals surface area (Å²) in [6.07, 6.45) is 2.05. The second kappa shape index (κ2) is 6.70. The third-order valence-electron chi connectivity index (χ3n) is 0.420. The Kier molecular flexibility index (Phi) is 8.92. The maximum Gasteiger partial charge on any atom is 0.147 e. The Morgan fingerprint density at radius 1 is 1.88 bits per heavy atom. The van der Waals surface area contributed by atoms with E-state index in [0.717, 1.165) is 0 Å². The first-order valence-electron chi connectivity index (χ1n) is 2.01. The summed E-state index contributed by atoms with van der Waals surface area (Å²) in [4.78, 5) is 10.0. The predicted octanol–water partition coefficient (Wildman–Crippen LogP) is 0.536. The molecule has 8 heavy (non-hydrogen) atoms. The molecule has 50 valence electrons. The average Bonchev–Trinajstić information content (AvgIpc) is 1.68. The number of ether oxygens (including phenoxy) is 1. The molecule has 0 bridgehead atoms. The molecule has 0 aliphatic rings. The summed E-state index contributed by atoms with van der Waals surface area (Å²) in [6.45, 7) is 5.20. The zero-order chi connectivity index (χ0) is 5.70. The second-order valence-corrected chi connectivity index (χ2v) is 0.897. The van der Waals surface area contributed by atoms with E-state index >= 15 is 0 Å². The molecular formula is C5H7NiO2-. The fraction of sp³-hybridized carbons (Fsp3) is 0.400. The van der Waals surface area contributed by atoms with Crippen LogP contribution in [0.2, 0.25) is 0 Å². The Morgan fingerprint density at radius 2 is 2.38 bits per heavy atom. The van der Waals surface area contributed by atoms with Crippen LogP contribution in [0.5, 0.6) is 0 Å². The number of hydrogen-bond acceptors (Lipinski definition) is 2. The van der Waals surface area contributed by atoms with E-state index in [4.69, 9.17) is 0 Å². The summed E-state index contributed by atoms with van der Waals surface area (Å²) in [6, 6.07) is 0. The molecule has 0 aromatic carbocycles. The molecule has 0 fully saturated rings. The molecule has 0 amide bonds. The standard InChI is InChI=1S/C5H7O2.Ni/c1-3-5(6)7-4-2;/h1,4H2,2H3;/q-1;. The van der Waals surface area contributed by atoms with Crippen LogP contribution in [0.4, 0.5) is 0 Å². The van der Waals surface area contributed by atoms with Crippen molar-refractivity contribution in [2.75, 3.05) is 6.61 Å². The van der Waals surface area contributed by atoms with Crippen LogP contribution in [0.15, 0.2) is 6.58 Å². The first kappa shape index (κ1) is 10.6. The van der Waals surface area contributed by atoms with Crippen molar-refractivity contribution in [3.8, 4) is 0 Å². The number of carbonyl (C=O) groups is 1. The van der Waals surface area contributed by atoms with Crippen molar-refractivity contribution in [3.05, 3.63) is 12.7 Å². The van der Waals surface area contributed by atoms with Crippen LogP contribution in [0.25, 0.3) is 0 Å². The van der Waals surface area contributed by atoms with Gasteiger partial charge in [-0.15, -0.1) is 0 Å². The maximum atomic E-state index is 10.0. The minimum absolute atomic E-state index is 0. The van der Waals surface area contributed by atoms with E-state index in [1.807, 2.05) is 0 Å². The summed E-state index contributed by atoms with van der Waals surface area (Å²) >= 11 is 0. The van der Waals surface area contributed by atoms with Gasteiger partial charge in [0, 0.05) is 16.5 Å². The second-order valence-electron chi connectivity index (χ2n) is 0.897. The Balaban J connectivity index is 0. The molecule has 0 spiro atoms. The first-order chi connectivity index (χ1) is 3.31.